The lowest BCUT2D eigenvalue weighted by Crippen LogP contribution is -2.40. The molecule has 2 aromatic rings. The normalized spacial score (nSPS) is 16.5. The van der Waals surface area contributed by atoms with E-state index in [2.05, 4.69) is 52.2 Å². The summed E-state index contributed by atoms with van der Waals surface area (Å²) in [6, 6.07) is 10.8. The highest BCUT2D eigenvalue weighted by Gasteiger charge is 2.11. The van der Waals surface area contributed by atoms with Crippen LogP contribution in [0.15, 0.2) is 30.3 Å². The fourth-order valence-electron chi connectivity index (χ4n) is 2.90. The summed E-state index contributed by atoms with van der Waals surface area (Å²) >= 11 is 0. The number of nitrogens with zero attached hydrogens (tertiary/aromatic N) is 3. The lowest BCUT2D eigenvalue weighted by Gasteiger charge is -2.28. The Morgan fingerprint density at radius 3 is 2.82 bits per heavy atom. The first kappa shape index (κ1) is 15.4. The van der Waals surface area contributed by atoms with Crippen LogP contribution in [0, 0.1) is 6.92 Å². The molecule has 4 heteroatoms. The maximum Gasteiger partial charge on any atom is 0.0705 e. The van der Waals surface area contributed by atoms with E-state index in [9.17, 15) is 0 Å². The smallest absolute Gasteiger partial charge is 0.0705 e. The summed E-state index contributed by atoms with van der Waals surface area (Å²) in [7, 11) is 2.19. The average molecular weight is 299 g/mol. The summed E-state index contributed by atoms with van der Waals surface area (Å²) in [6.07, 6.45) is 0. The van der Waals surface area contributed by atoms with Gasteiger partial charge in [-0.25, -0.2) is 0 Å². The molecule has 2 heterocycles. The Hall–Kier alpha value is -1.49. The van der Waals surface area contributed by atoms with Crippen molar-refractivity contribution in [2.45, 2.75) is 13.5 Å². The van der Waals surface area contributed by atoms with Crippen LogP contribution in [-0.2, 0) is 11.3 Å². The first-order chi connectivity index (χ1) is 10.7. The van der Waals surface area contributed by atoms with Crippen LogP contribution in [0.2, 0.25) is 0 Å². The van der Waals surface area contributed by atoms with Gasteiger partial charge in [0.15, 0.2) is 0 Å². The van der Waals surface area contributed by atoms with Crippen molar-refractivity contribution >= 4 is 10.9 Å². The van der Waals surface area contributed by atoms with Crippen LogP contribution in [0.5, 0.6) is 0 Å². The third-order valence-electron chi connectivity index (χ3n) is 4.25. The van der Waals surface area contributed by atoms with E-state index in [0.717, 1.165) is 57.1 Å². The molecule has 1 aliphatic heterocycles. The Kier molecular flexibility index (Phi) is 5.03. The van der Waals surface area contributed by atoms with Crippen molar-refractivity contribution in [3.63, 3.8) is 0 Å². The van der Waals surface area contributed by atoms with Gasteiger partial charge in [-0.2, -0.15) is 0 Å². The van der Waals surface area contributed by atoms with E-state index in [1.54, 1.807) is 0 Å². The zero-order chi connectivity index (χ0) is 15.4. The number of ether oxygens (including phenoxy) is 1. The zero-order valence-corrected chi connectivity index (χ0v) is 13.6. The van der Waals surface area contributed by atoms with Crippen LogP contribution >= 0.6 is 0 Å². The summed E-state index contributed by atoms with van der Waals surface area (Å²) in [4.78, 5) is 9.43. The van der Waals surface area contributed by atoms with Crippen molar-refractivity contribution < 1.29 is 4.74 Å². The molecule has 0 saturated carbocycles. The first-order valence-electron chi connectivity index (χ1n) is 8.06. The second kappa shape index (κ2) is 7.18. The van der Waals surface area contributed by atoms with E-state index in [0.29, 0.717) is 0 Å². The third kappa shape index (κ3) is 4.03. The molecule has 0 amide bonds. The van der Waals surface area contributed by atoms with Crippen molar-refractivity contribution in [3.05, 3.63) is 41.6 Å². The minimum Gasteiger partial charge on any atom is -0.379 e. The molecule has 22 heavy (non-hydrogen) atoms. The van der Waals surface area contributed by atoms with Crippen LogP contribution in [0.1, 0.15) is 11.3 Å². The molecule has 1 aliphatic rings. The summed E-state index contributed by atoms with van der Waals surface area (Å²) in [5.74, 6) is 0. The Morgan fingerprint density at radius 1 is 1.18 bits per heavy atom. The monoisotopic (exact) mass is 299 g/mol. The van der Waals surface area contributed by atoms with Gasteiger partial charge in [-0.05, 0) is 37.7 Å². The molecule has 0 spiro atoms. The predicted molar refractivity (Wildman–Crippen MR) is 90.1 cm³/mol. The number of morpholine rings is 1. The fraction of sp³-hybridized carbons (Fsp3) is 0.500. The first-order valence-corrected chi connectivity index (χ1v) is 8.06. The maximum atomic E-state index is 5.39. The highest BCUT2D eigenvalue weighted by atomic mass is 16.5. The van der Waals surface area contributed by atoms with Gasteiger partial charge in [-0.15, -0.1) is 0 Å². The number of rotatable bonds is 5. The van der Waals surface area contributed by atoms with Crippen molar-refractivity contribution in [3.8, 4) is 0 Å². The highest BCUT2D eigenvalue weighted by Crippen LogP contribution is 2.15. The van der Waals surface area contributed by atoms with Gasteiger partial charge in [0.25, 0.3) is 0 Å². The number of fused-ring (bicyclic) bond motifs is 1. The van der Waals surface area contributed by atoms with Crippen LogP contribution in [0.25, 0.3) is 10.9 Å². The van der Waals surface area contributed by atoms with Crippen molar-refractivity contribution in [2.24, 2.45) is 0 Å². The number of hydrogen-bond acceptors (Lipinski definition) is 4. The standard InChI is InChI=1S/C18H25N3O/c1-15-3-5-17-13-16(4-6-18(17)19-15)14-20(2)7-8-21-9-11-22-12-10-21/h3-6,13H,7-12,14H2,1-2H3. The summed E-state index contributed by atoms with van der Waals surface area (Å²) in [5.41, 5.74) is 3.50. The van der Waals surface area contributed by atoms with Gasteiger partial charge in [0.05, 0.1) is 18.7 Å². The number of benzene rings is 1. The molecule has 0 bridgehead atoms. The molecule has 0 aliphatic carbocycles. The van der Waals surface area contributed by atoms with Gasteiger partial charge in [-0.3, -0.25) is 9.88 Å². The molecule has 118 valence electrons. The largest absolute Gasteiger partial charge is 0.379 e. The van der Waals surface area contributed by atoms with Gasteiger partial charge in [0.1, 0.15) is 0 Å². The number of hydrogen-bond donors (Lipinski definition) is 0. The molecule has 1 aromatic heterocycles. The predicted octanol–water partition coefficient (Wildman–Crippen LogP) is 2.31. The Morgan fingerprint density at radius 2 is 2.00 bits per heavy atom. The SMILES string of the molecule is Cc1ccc2cc(CN(C)CCN3CCOCC3)ccc2n1. The van der Waals surface area contributed by atoms with E-state index in [-0.39, 0.29) is 0 Å². The van der Waals surface area contributed by atoms with E-state index in [4.69, 9.17) is 4.74 Å². The van der Waals surface area contributed by atoms with Gasteiger partial charge in [0, 0.05) is 43.8 Å². The molecule has 0 radical (unpaired) electrons. The Bertz CT molecular complexity index is 623. The number of aryl methyl sites for hydroxylation is 1. The van der Waals surface area contributed by atoms with E-state index >= 15 is 0 Å². The zero-order valence-electron chi connectivity index (χ0n) is 13.6. The van der Waals surface area contributed by atoms with E-state index in [1.165, 1.54) is 10.9 Å². The molecule has 1 fully saturated rings. The van der Waals surface area contributed by atoms with Gasteiger partial charge in [-0.1, -0.05) is 12.1 Å². The van der Waals surface area contributed by atoms with Gasteiger partial charge in [0.2, 0.25) is 0 Å². The summed E-state index contributed by atoms with van der Waals surface area (Å²) in [6.45, 7) is 9.10. The van der Waals surface area contributed by atoms with Crippen LogP contribution < -0.4 is 0 Å². The molecular weight excluding hydrogens is 274 g/mol. The molecule has 0 N–H and O–H groups in total. The van der Waals surface area contributed by atoms with Crippen molar-refractivity contribution in [2.75, 3.05) is 46.4 Å². The Balaban J connectivity index is 1.56. The maximum absolute atomic E-state index is 5.39. The number of aromatic nitrogens is 1. The number of likely N-dealkylation sites (N-methyl/N-ethyl adjacent to an activating group) is 1. The summed E-state index contributed by atoms with van der Waals surface area (Å²) < 4.78 is 5.39. The lowest BCUT2D eigenvalue weighted by atomic mass is 10.1. The minimum absolute atomic E-state index is 0.876. The topological polar surface area (TPSA) is 28.6 Å². The molecule has 4 nitrogen and oxygen atoms in total. The van der Waals surface area contributed by atoms with Crippen molar-refractivity contribution in [1.82, 2.24) is 14.8 Å². The van der Waals surface area contributed by atoms with E-state index < -0.39 is 0 Å². The molecule has 0 atom stereocenters. The Labute approximate surface area is 132 Å². The van der Waals surface area contributed by atoms with Crippen LogP contribution in [0.4, 0.5) is 0 Å². The second-order valence-corrected chi connectivity index (χ2v) is 6.17. The quantitative estimate of drug-likeness (QED) is 0.847. The molecule has 1 saturated heterocycles. The lowest BCUT2D eigenvalue weighted by molar-refractivity contribution is 0.0342. The molecular formula is C18H25N3O. The third-order valence-corrected chi connectivity index (χ3v) is 4.25. The number of pyridine rings is 1. The van der Waals surface area contributed by atoms with Gasteiger partial charge < -0.3 is 9.64 Å². The highest BCUT2D eigenvalue weighted by molar-refractivity contribution is 5.79. The fourth-order valence-corrected chi connectivity index (χ4v) is 2.90. The summed E-state index contributed by atoms with van der Waals surface area (Å²) in [5, 5.41) is 1.23. The van der Waals surface area contributed by atoms with E-state index in [1.807, 2.05) is 6.92 Å². The molecule has 1 aromatic carbocycles. The minimum atomic E-state index is 0.876. The van der Waals surface area contributed by atoms with Crippen LogP contribution in [-0.4, -0.2) is 61.2 Å². The van der Waals surface area contributed by atoms with Gasteiger partial charge >= 0.3 is 0 Å². The second-order valence-electron chi connectivity index (χ2n) is 6.17. The van der Waals surface area contributed by atoms with Crippen LogP contribution in [0.3, 0.4) is 0 Å². The average Bonchev–Trinajstić information content (AvgIpc) is 2.54. The molecule has 0 unspecified atom stereocenters. The molecule has 3 rings (SSSR count). The van der Waals surface area contributed by atoms with Crippen molar-refractivity contribution in [1.29, 1.82) is 0 Å².